The summed E-state index contributed by atoms with van der Waals surface area (Å²) in [7, 11) is 0. The van der Waals surface area contributed by atoms with Gasteiger partial charge in [-0.1, -0.05) is 11.6 Å². The second kappa shape index (κ2) is 6.26. The van der Waals surface area contributed by atoms with Crippen molar-refractivity contribution in [3.8, 4) is 0 Å². The number of halogens is 2. The quantitative estimate of drug-likeness (QED) is 0.827. The molecule has 0 bridgehead atoms. The number of hydrogen-bond donors (Lipinski definition) is 0. The molecule has 1 amide bonds. The van der Waals surface area contributed by atoms with E-state index in [1.165, 1.54) is 0 Å². The molecule has 19 heavy (non-hydrogen) atoms. The van der Waals surface area contributed by atoms with Crippen molar-refractivity contribution in [1.82, 2.24) is 4.90 Å². The maximum atomic E-state index is 12.5. The summed E-state index contributed by atoms with van der Waals surface area (Å²) in [6, 6.07) is 8.84. The number of furan rings is 1. The van der Waals surface area contributed by atoms with Crippen LogP contribution in [0.4, 0.5) is 0 Å². The van der Waals surface area contributed by atoms with Crippen LogP contribution in [0.2, 0.25) is 5.02 Å². The highest BCUT2D eigenvalue weighted by Crippen LogP contribution is 2.23. The fourth-order valence-electron chi connectivity index (χ4n) is 1.75. The Balaban J connectivity index is 2.23. The molecule has 3 nitrogen and oxygen atoms in total. The lowest BCUT2D eigenvalue weighted by molar-refractivity contribution is 0.0740. The summed E-state index contributed by atoms with van der Waals surface area (Å²) in [4.78, 5) is 14.2. The summed E-state index contributed by atoms with van der Waals surface area (Å²) in [5, 5.41) is 0.542. The second-order valence-electron chi connectivity index (χ2n) is 4.02. The van der Waals surface area contributed by atoms with Gasteiger partial charge < -0.3 is 9.32 Å². The van der Waals surface area contributed by atoms with Crippen LogP contribution in [0.25, 0.3) is 0 Å². The van der Waals surface area contributed by atoms with E-state index < -0.39 is 0 Å². The average Bonchev–Trinajstić information content (AvgIpc) is 2.91. The SMILES string of the molecule is CCN(Cc1ccco1)C(=O)c1cc(Cl)ccc1Br. The Morgan fingerprint density at radius 2 is 2.21 bits per heavy atom. The van der Waals surface area contributed by atoms with Crippen molar-refractivity contribution in [1.29, 1.82) is 0 Å². The Morgan fingerprint density at radius 1 is 1.42 bits per heavy atom. The molecule has 0 aliphatic carbocycles. The molecule has 5 heteroatoms. The first-order chi connectivity index (χ1) is 9.11. The van der Waals surface area contributed by atoms with Crippen LogP contribution in [0.3, 0.4) is 0 Å². The molecule has 0 saturated carbocycles. The second-order valence-corrected chi connectivity index (χ2v) is 5.31. The largest absolute Gasteiger partial charge is 0.467 e. The van der Waals surface area contributed by atoms with Gasteiger partial charge in [0.15, 0.2) is 0 Å². The summed E-state index contributed by atoms with van der Waals surface area (Å²) in [6.07, 6.45) is 1.60. The molecule has 0 unspecified atom stereocenters. The molecule has 0 N–H and O–H groups in total. The Morgan fingerprint density at radius 3 is 2.84 bits per heavy atom. The standard InChI is InChI=1S/C14H13BrClNO2/c1-2-17(9-11-4-3-7-19-11)14(18)12-8-10(16)5-6-13(12)15/h3-8H,2,9H2,1H3. The van der Waals surface area contributed by atoms with E-state index in [0.29, 0.717) is 23.7 Å². The van der Waals surface area contributed by atoms with Crippen molar-refractivity contribution < 1.29 is 9.21 Å². The molecule has 100 valence electrons. The van der Waals surface area contributed by atoms with Gasteiger partial charge in [0, 0.05) is 16.0 Å². The molecule has 0 spiro atoms. The van der Waals surface area contributed by atoms with Crippen molar-refractivity contribution in [3.63, 3.8) is 0 Å². The van der Waals surface area contributed by atoms with E-state index in [4.69, 9.17) is 16.0 Å². The molecule has 1 aromatic heterocycles. The zero-order valence-corrected chi connectivity index (χ0v) is 12.7. The summed E-state index contributed by atoms with van der Waals surface area (Å²) >= 11 is 9.32. The Hall–Kier alpha value is -1.26. The van der Waals surface area contributed by atoms with Crippen LogP contribution in [-0.4, -0.2) is 17.4 Å². The third kappa shape index (κ3) is 3.39. The third-order valence-electron chi connectivity index (χ3n) is 2.75. The summed E-state index contributed by atoms with van der Waals surface area (Å²) in [5.74, 6) is 0.682. The van der Waals surface area contributed by atoms with Crippen LogP contribution in [-0.2, 0) is 6.54 Å². The van der Waals surface area contributed by atoms with Gasteiger partial charge in [0.1, 0.15) is 5.76 Å². The normalized spacial score (nSPS) is 10.5. The van der Waals surface area contributed by atoms with Crippen LogP contribution in [0.15, 0.2) is 45.5 Å². The molecule has 1 aromatic carbocycles. The van der Waals surface area contributed by atoms with Gasteiger partial charge in [-0.3, -0.25) is 4.79 Å². The minimum atomic E-state index is -0.0757. The monoisotopic (exact) mass is 341 g/mol. The van der Waals surface area contributed by atoms with Crippen molar-refractivity contribution >= 4 is 33.4 Å². The van der Waals surface area contributed by atoms with Crippen molar-refractivity contribution in [2.45, 2.75) is 13.5 Å². The van der Waals surface area contributed by atoms with E-state index in [2.05, 4.69) is 15.9 Å². The summed E-state index contributed by atoms with van der Waals surface area (Å²) < 4.78 is 6.01. The predicted octanol–water partition coefficient (Wildman–Crippen LogP) is 4.36. The van der Waals surface area contributed by atoms with Gasteiger partial charge in [-0.05, 0) is 53.2 Å². The first-order valence-electron chi connectivity index (χ1n) is 5.88. The van der Waals surface area contributed by atoms with Crippen molar-refractivity contribution in [2.24, 2.45) is 0 Å². The minimum absolute atomic E-state index is 0.0757. The smallest absolute Gasteiger partial charge is 0.255 e. The Kier molecular flexibility index (Phi) is 4.66. The highest BCUT2D eigenvalue weighted by Gasteiger charge is 2.18. The lowest BCUT2D eigenvalue weighted by Gasteiger charge is -2.20. The molecule has 2 rings (SSSR count). The highest BCUT2D eigenvalue weighted by atomic mass is 79.9. The zero-order valence-electron chi connectivity index (χ0n) is 10.4. The number of carbonyl (C=O) groups is 1. The van der Waals surface area contributed by atoms with Gasteiger partial charge in [-0.2, -0.15) is 0 Å². The molecule has 2 aromatic rings. The molecule has 1 heterocycles. The number of hydrogen-bond acceptors (Lipinski definition) is 2. The van der Waals surface area contributed by atoms with Crippen LogP contribution in [0.5, 0.6) is 0 Å². The van der Waals surface area contributed by atoms with Gasteiger partial charge in [-0.15, -0.1) is 0 Å². The Bertz CT molecular complexity index is 569. The van der Waals surface area contributed by atoms with E-state index in [9.17, 15) is 4.79 Å². The topological polar surface area (TPSA) is 33.5 Å². The molecule has 0 saturated heterocycles. The number of nitrogens with zero attached hydrogens (tertiary/aromatic N) is 1. The van der Waals surface area contributed by atoms with Crippen LogP contribution in [0, 0.1) is 0 Å². The van der Waals surface area contributed by atoms with E-state index in [1.807, 2.05) is 19.1 Å². The van der Waals surface area contributed by atoms with Gasteiger partial charge in [0.05, 0.1) is 18.4 Å². The van der Waals surface area contributed by atoms with Gasteiger partial charge in [-0.25, -0.2) is 0 Å². The molecule has 0 radical (unpaired) electrons. The molecule has 0 fully saturated rings. The van der Waals surface area contributed by atoms with E-state index in [0.717, 1.165) is 10.2 Å². The van der Waals surface area contributed by atoms with Gasteiger partial charge in [0.2, 0.25) is 0 Å². The summed E-state index contributed by atoms with van der Waals surface area (Å²) in [6.45, 7) is 2.97. The predicted molar refractivity (Wildman–Crippen MR) is 78.3 cm³/mol. The molecular formula is C14H13BrClNO2. The van der Waals surface area contributed by atoms with Crippen LogP contribution >= 0.6 is 27.5 Å². The Labute approximate surface area is 125 Å². The fraction of sp³-hybridized carbons (Fsp3) is 0.214. The van der Waals surface area contributed by atoms with E-state index >= 15 is 0 Å². The van der Waals surface area contributed by atoms with Crippen LogP contribution < -0.4 is 0 Å². The van der Waals surface area contributed by atoms with Gasteiger partial charge >= 0.3 is 0 Å². The third-order valence-corrected chi connectivity index (χ3v) is 3.68. The molecule has 0 aliphatic rings. The zero-order chi connectivity index (χ0) is 13.8. The average molecular weight is 343 g/mol. The number of amides is 1. The lowest BCUT2D eigenvalue weighted by Crippen LogP contribution is -2.30. The first kappa shape index (κ1) is 14.2. The van der Waals surface area contributed by atoms with E-state index in [-0.39, 0.29) is 5.91 Å². The summed E-state index contributed by atoms with van der Waals surface area (Å²) in [5.41, 5.74) is 0.556. The number of carbonyl (C=O) groups excluding carboxylic acids is 1. The number of rotatable bonds is 4. The number of benzene rings is 1. The van der Waals surface area contributed by atoms with Crippen molar-refractivity contribution in [2.75, 3.05) is 6.54 Å². The van der Waals surface area contributed by atoms with E-state index in [1.54, 1.807) is 29.4 Å². The lowest BCUT2D eigenvalue weighted by atomic mass is 10.2. The maximum Gasteiger partial charge on any atom is 0.255 e. The fourth-order valence-corrected chi connectivity index (χ4v) is 2.34. The highest BCUT2D eigenvalue weighted by molar-refractivity contribution is 9.10. The molecular weight excluding hydrogens is 330 g/mol. The maximum absolute atomic E-state index is 12.5. The first-order valence-corrected chi connectivity index (χ1v) is 7.05. The van der Waals surface area contributed by atoms with Gasteiger partial charge in [0.25, 0.3) is 5.91 Å². The molecule has 0 atom stereocenters. The van der Waals surface area contributed by atoms with Crippen LogP contribution in [0.1, 0.15) is 23.0 Å². The molecule has 0 aliphatic heterocycles. The minimum Gasteiger partial charge on any atom is -0.467 e. The van der Waals surface area contributed by atoms with Crippen molar-refractivity contribution in [3.05, 3.63) is 57.4 Å².